The van der Waals surface area contributed by atoms with Crippen molar-refractivity contribution in [1.29, 1.82) is 0 Å². The van der Waals surface area contributed by atoms with Crippen LogP contribution in [0.5, 0.6) is 0 Å². The van der Waals surface area contributed by atoms with Gasteiger partial charge in [-0.3, -0.25) is 4.79 Å². The minimum absolute atomic E-state index is 0.00461. The largest absolute Gasteiger partial charge is 0.462 e. The summed E-state index contributed by atoms with van der Waals surface area (Å²) in [6.07, 6.45) is 2.32. The summed E-state index contributed by atoms with van der Waals surface area (Å²) in [6.45, 7) is 3.20. The fourth-order valence-corrected chi connectivity index (χ4v) is 0.622. The van der Waals surface area contributed by atoms with E-state index in [9.17, 15) is 14.4 Å². The number of rotatable bonds is 7. The summed E-state index contributed by atoms with van der Waals surface area (Å²) < 4.78 is 9.19. The molecule has 0 radical (unpaired) electrons. The van der Waals surface area contributed by atoms with E-state index in [-0.39, 0.29) is 26.2 Å². The molecule has 0 fully saturated rings. The van der Waals surface area contributed by atoms with Crippen LogP contribution in [0, 0.1) is 0 Å². The van der Waals surface area contributed by atoms with E-state index >= 15 is 0 Å². The summed E-state index contributed by atoms with van der Waals surface area (Å²) in [6, 6.07) is 0. The lowest BCUT2D eigenvalue weighted by atomic mass is 10.4. The predicted octanol–water partition coefficient (Wildman–Crippen LogP) is -0.0153. The Kier molecular flexibility index (Phi) is 7.53. The molecule has 6 nitrogen and oxygen atoms in total. The lowest BCUT2D eigenvalue weighted by molar-refractivity contribution is -0.149. The molecule has 0 spiro atoms. The Morgan fingerprint density at radius 2 is 2.00 bits per heavy atom. The highest BCUT2D eigenvalue weighted by atomic mass is 16.6. The smallest absolute Gasteiger partial charge is 0.330 e. The van der Waals surface area contributed by atoms with Gasteiger partial charge in [0.25, 0.3) is 0 Å². The molecule has 0 aromatic heterocycles. The molecule has 0 saturated heterocycles. The summed E-state index contributed by atoms with van der Waals surface area (Å²) in [4.78, 5) is 34.2. The van der Waals surface area contributed by atoms with Crippen LogP contribution in [0.2, 0.25) is 0 Å². The van der Waals surface area contributed by atoms with Crippen LogP contribution in [-0.4, -0.2) is 37.8 Å². The highest BCUT2D eigenvalue weighted by molar-refractivity contribution is 5.81. The van der Waals surface area contributed by atoms with Crippen molar-refractivity contribution in [3.05, 3.63) is 12.7 Å². The van der Waals surface area contributed by atoms with Crippen LogP contribution in [0.1, 0.15) is 6.42 Å². The second-order valence-corrected chi connectivity index (χ2v) is 2.32. The zero-order chi connectivity index (χ0) is 11.5. The van der Waals surface area contributed by atoms with Gasteiger partial charge in [-0.2, -0.15) is 0 Å². The zero-order valence-corrected chi connectivity index (χ0v) is 8.10. The van der Waals surface area contributed by atoms with Gasteiger partial charge in [0.05, 0.1) is 13.0 Å². The molecule has 0 amide bonds. The summed E-state index contributed by atoms with van der Waals surface area (Å²) >= 11 is 0. The van der Waals surface area contributed by atoms with Crippen LogP contribution >= 0.6 is 0 Å². The molecule has 0 saturated carbocycles. The Bertz CT molecular complexity index is 280. The Morgan fingerprint density at radius 1 is 1.33 bits per heavy atom. The molecule has 15 heavy (non-hydrogen) atoms. The molecule has 0 N–H and O–H groups in total. The van der Waals surface area contributed by atoms with Gasteiger partial charge in [-0.15, -0.1) is 0 Å². The molecule has 0 aliphatic heterocycles. The van der Waals surface area contributed by atoms with Gasteiger partial charge in [0.1, 0.15) is 13.2 Å². The van der Waals surface area contributed by atoms with Crippen LogP contribution in [0.3, 0.4) is 0 Å². The number of isocyanates is 1. The third-order valence-electron chi connectivity index (χ3n) is 1.25. The number of carbonyl (C=O) groups is 2. The van der Waals surface area contributed by atoms with Crippen LogP contribution in [0.4, 0.5) is 0 Å². The van der Waals surface area contributed by atoms with Gasteiger partial charge in [-0.1, -0.05) is 6.58 Å². The number of esters is 2. The van der Waals surface area contributed by atoms with Crippen molar-refractivity contribution in [1.82, 2.24) is 0 Å². The topological polar surface area (TPSA) is 82.0 Å². The van der Waals surface area contributed by atoms with Crippen molar-refractivity contribution >= 4 is 18.0 Å². The minimum atomic E-state index is -0.573. The van der Waals surface area contributed by atoms with E-state index in [4.69, 9.17) is 0 Å². The average Bonchev–Trinajstić information content (AvgIpc) is 2.24. The molecule has 0 rings (SSSR count). The van der Waals surface area contributed by atoms with Gasteiger partial charge < -0.3 is 9.47 Å². The number of aliphatic imine (C=N–C) groups is 1. The van der Waals surface area contributed by atoms with Gasteiger partial charge in [-0.05, 0) is 0 Å². The first-order valence-electron chi connectivity index (χ1n) is 4.19. The molecule has 0 aliphatic carbocycles. The number of hydrogen-bond acceptors (Lipinski definition) is 6. The van der Waals surface area contributed by atoms with Crippen molar-refractivity contribution in [2.24, 2.45) is 4.99 Å². The van der Waals surface area contributed by atoms with Crippen molar-refractivity contribution in [3.63, 3.8) is 0 Å². The lowest BCUT2D eigenvalue weighted by Gasteiger charge is -2.03. The minimum Gasteiger partial charge on any atom is -0.462 e. The number of nitrogens with zero attached hydrogens (tertiary/aromatic N) is 1. The maximum absolute atomic E-state index is 10.9. The quantitative estimate of drug-likeness (QED) is 0.195. The summed E-state index contributed by atoms with van der Waals surface area (Å²) in [5, 5.41) is 0. The maximum Gasteiger partial charge on any atom is 0.330 e. The summed E-state index contributed by atoms with van der Waals surface area (Å²) in [5.74, 6) is -1.08. The van der Waals surface area contributed by atoms with Crippen LogP contribution in [0.15, 0.2) is 17.6 Å². The summed E-state index contributed by atoms with van der Waals surface area (Å²) in [5.41, 5.74) is 0. The van der Waals surface area contributed by atoms with Crippen molar-refractivity contribution < 1.29 is 23.9 Å². The van der Waals surface area contributed by atoms with E-state index in [0.29, 0.717) is 0 Å². The zero-order valence-electron chi connectivity index (χ0n) is 8.10. The molecular formula is C9H11NO5. The van der Waals surface area contributed by atoms with E-state index < -0.39 is 11.9 Å². The van der Waals surface area contributed by atoms with Crippen LogP contribution < -0.4 is 0 Å². The normalized spacial score (nSPS) is 8.53. The molecule has 0 aromatic rings. The molecular weight excluding hydrogens is 202 g/mol. The average molecular weight is 213 g/mol. The Hall–Kier alpha value is -1.94. The van der Waals surface area contributed by atoms with Crippen LogP contribution in [0.25, 0.3) is 0 Å². The molecule has 0 aliphatic rings. The highest BCUT2D eigenvalue weighted by Gasteiger charge is 2.02. The molecule has 0 atom stereocenters. The monoisotopic (exact) mass is 213 g/mol. The molecule has 0 unspecified atom stereocenters. The van der Waals surface area contributed by atoms with Gasteiger partial charge in [0, 0.05) is 6.08 Å². The Labute approximate surface area is 86.6 Å². The van der Waals surface area contributed by atoms with Gasteiger partial charge in [-0.25, -0.2) is 14.6 Å². The van der Waals surface area contributed by atoms with E-state index in [1.54, 1.807) is 0 Å². The number of carbonyl (C=O) groups excluding carboxylic acids is 3. The SMILES string of the molecule is C=CC(=O)OCCOC(=O)CCN=C=O. The molecule has 0 bridgehead atoms. The van der Waals surface area contributed by atoms with Crippen molar-refractivity contribution in [3.8, 4) is 0 Å². The third-order valence-corrected chi connectivity index (χ3v) is 1.25. The molecule has 0 heterocycles. The van der Waals surface area contributed by atoms with Gasteiger partial charge >= 0.3 is 11.9 Å². The number of ether oxygens (including phenoxy) is 2. The lowest BCUT2D eigenvalue weighted by Crippen LogP contribution is -2.13. The van der Waals surface area contributed by atoms with Gasteiger partial charge in [0.15, 0.2) is 0 Å². The maximum atomic E-state index is 10.9. The highest BCUT2D eigenvalue weighted by Crippen LogP contribution is 1.88. The first-order chi connectivity index (χ1) is 7.20. The fraction of sp³-hybridized carbons (Fsp3) is 0.444. The molecule has 0 aromatic carbocycles. The van der Waals surface area contributed by atoms with Gasteiger partial charge in [0.2, 0.25) is 6.08 Å². The first kappa shape index (κ1) is 13.1. The second kappa shape index (κ2) is 8.65. The van der Waals surface area contributed by atoms with Crippen molar-refractivity contribution in [2.75, 3.05) is 19.8 Å². The molecule has 82 valence electrons. The van der Waals surface area contributed by atoms with Crippen molar-refractivity contribution in [2.45, 2.75) is 6.42 Å². The van der Waals surface area contributed by atoms with E-state index in [1.807, 2.05) is 0 Å². The third kappa shape index (κ3) is 8.39. The van der Waals surface area contributed by atoms with E-state index in [2.05, 4.69) is 21.0 Å². The standard InChI is InChI=1S/C9H11NO5/c1-2-8(12)14-5-6-15-9(13)3-4-10-7-11/h2H,1,3-6H2. The Balaban J connectivity index is 3.42. The van der Waals surface area contributed by atoms with E-state index in [0.717, 1.165) is 6.08 Å². The predicted molar refractivity (Wildman–Crippen MR) is 49.7 cm³/mol. The fourth-order valence-electron chi connectivity index (χ4n) is 0.622. The Morgan fingerprint density at radius 3 is 2.60 bits per heavy atom. The number of hydrogen-bond donors (Lipinski definition) is 0. The molecule has 6 heteroatoms. The second-order valence-electron chi connectivity index (χ2n) is 2.32. The first-order valence-corrected chi connectivity index (χ1v) is 4.19. The van der Waals surface area contributed by atoms with Crippen LogP contribution in [-0.2, 0) is 23.9 Å². The summed E-state index contributed by atoms with van der Waals surface area (Å²) in [7, 11) is 0. The van der Waals surface area contributed by atoms with E-state index in [1.165, 1.54) is 6.08 Å².